The summed E-state index contributed by atoms with van der Waals surface area (Å²) in [7, 11) is 1.30. The molecule has 1 aromatic rings. The standard InChI is InChI=1S/C14H18N2O4/c1-20-14(19)11-7-4-8-15-13(11)16(9-12(17)18)10-5-2-3-6-10/h4,7-8,10H,2-3,5-6,9H2,1H3,(H,17,18). The number of carboxylic acids is 1. The zero-order chi connectivity index (χ0) is 14.5. The predicted molar refractivity (Wildman–Crippen MR) is 72.8 cm³/mol. The van der Waals surface area contributed by atoms with E-state index in [1.54, 1.807) is 23.2 Å². The average molecular weight is 278 g/mol. The molecule has 1 fully saturated rings. The van der Waals surface area contributed by atoms with Crippen molar-refractivity contribution < 1.29 is 19.4 Å². The zero-order valence-corrected chi connectivity index (χ0v) is 11.4. The van der Waals surface area contributed by atoms with Crippen molar-refractivity contribution in [2.24, 2.45) is 0 Å². The van der Waals surface area contributed by atoms with E-state index < -0.39 is 11.9 Å². The smallest absolute Gasteiger partial charge is 0.341 e. The molecule has 1 saturated carbocycles. The lowest BCUT2D eigenvalue weighted by Crippen LogP contribution is -2.39. The Morgan fingerprint density at radius 1 is 1.45 bits per heavy atom. The summed E-state index contributed by atoms with van der Waals surface area (Å²) in [5.74, 6) is -1.03. The number of aromatic nitrogens is 1. The molecule has 6 nitrogen and oxygen atoms in total. The molecule has 108 valence electrons. The minimum atomic E-state index is -0.932. The molecule has 1 heterocycles. The first-order chi connectivity index (χ1) is 9.63. The van der Waals surface area contributed by atoms with Crippen LogP contribution >= 0.6 is 0 Å². The fraction of sp³-hybridized carbons (Fsp3) is 0.500. The fourth-order valence-electron chi connectivity index (χ4n) is 2.63. The van der Waals surface area contributed by atoms with Crippen LogP contribution in [-0.2, 0) is 9.53 Å². The lowest BCUT2D eigenvalue weighted by molar-refractivity contribution is -0.135. The summed E-state index contributed by atoms with van der Waals surface area (Å²) >= 11 is 0. The summed E-state index contributed by atoms with van der Waals surface area (Å²) in [5, 5.41) is 9.11. The van der Waals surface area contributed by atoms with Crippen molar-refractivity contribution in [1.29, 1.82) is 0 Å². The number of aliphatic carboxylic acids is 1. The van der Waals surface area contributed by atoms with Crippen LogP contribution in [-0.4, -0.2) is 41.7 Å². The van der Waals surface area contributed by atoms with E-state index in [0.29, 0.717) is 11.4 Å². The first kappa shape index (κ1) is 14.3. The van der Waals surface area contributed by atoms with E-state index in [2.05, 4.69) is 4.98 Å². The quantitative estimate of drug-likeness (QED) is 0.826. The van der Waals surface area contributed by atoms with Gasteiger partial charge in [0.2, 0.25) is 0 Å². The van der Waals surface area contributed by atoms with Crippen LogP contribution < -0.4 is 4.90 Å². The Morgan fingerprint density at radius 3 is 2.75 bits per heavy atom. The third kappa shape index (κ3) is 3.07. The number of rotatable bonds is 5. The van der Waals surface area contributed by atoms with Crippen molar-refractivity contribution in [2.75, 3.05) is 18.6 Å². The Balaban J connectivity index is 2.37. The number of carbonyl (C=O) groups is 2. The van der Waals surface area contributed by atoms with Gasteiger partial charge >= 0.3 is 11.9 Å². The third-order valence-corrected chi connectivity index (χ3v) is 3.54. The Hall–Kier alpha value is -2.11. The van der Waals surface area contributed by atoms with Crippen molar-refractivity contribution in [3.8, 4) is 0 Å². The minimum absolute atomic E-state index is 0.115. The van der Waals surface area contributed by atoms with E-state index in [1.165, 1.54) is 7.11 Å². The highest BCUT2D eigenvalue weighted by Gasteiger charge is 2.28. The van der Waals surface area contributed by atoms with Crippen LogP contribution in [0.5, 0.6) is 0 Å². The largest absolute Gasteiger partial charge is 0.480 e. The first-order valence-corrected chi connectivity index (χ1v) is 6.65. The summed E-state index contributed by atoms with van der Waals surface area (Å²) < 4.78 is 4.74. The molecule has 0 aromatic carbocycles. The number of esters is 1. The van der Waals surface area contributed by atoms with E-state index in [1.807, 2.05) is 0 Å². The number of anilines is 1. The van der Waals surface area contributed by atoms with Gasteiger partial charge in [0.1, 0.15) is 17.9 Å². The van der Waals surface area contributed by atoms with Gasteiger partial charge in [-0.05, 0) is 25.0 Å². The molecule has 1 N–H and O–H groups in total. The number of ether oxygens (including phenoxy) is 1. The molecule has 6 heteroatoms. The summed E-state index contributed by atoms with van der Waals surface area (Å²) in [6, 6.07) is 3.37. The number of carboxylic acid groups (broad SMARTS) is 1. The van der Waals surface area contributed by atoms with Gasteiger partial charge in [-0.25, -0.2) is 9.78 Å². The maximum atomic E-state index is 11.8. The van der Waals surface area contributed by atoms with Crippen molar-refractivity contribution in [2.45, 2.75) is 31.7 Å². The van der Waals surface area contributed by atoms with E-state index in [9.17, 15) is 9.59 Å². The molecule has 1 aliphatic carbocycles. The van der Waals surface area contributed by atoms with Crippen LogP contribution in [0.25, 0.3) is 0 Å². The van der Waals surface area contributed by atoms with Crippen molar-refractivity contribution >= 4 is 17.8 Å². The minimum Gasteiger partial charge on any atom is -0.480 e. The number of hydrogen-bond acceptors (Lipinski definition) is 5. The molecule has 0 bridgehead atoms. The van der Waals surface area contributed by atoms with Crippen LogP contribution in [0.2, 0.25) is 0 Å². The molecule has 20 heavy (non-hydrogen) atoms. The van der Waals surface area contributed by atoms with Gasteiger partial charge in [0.15, 0.2) is 0 Å². The molecule has 2 rings (SSSR count). The summed E-state index contributed by atoms with van der Waals surface area (Å²) in [5.41, 5.74) is 0.308. The van der Waals surface area contributed by atoms with Gasteiger partial charge in [0.05, 0.1) is 7.11 Å². The Bertz CT molecular complexity index is 498. The normalized spacial score (nSPS) is 15.1. The zero-order valence-electron chi connectivity index (χ0n) is 11.4. The molecule has 0 radical (unpaired) electrons. The second-order valence-electron chi connectivity index (χ2n) is 4.83. The summed E-state index contributed by atoms with van der Waals surface area (Å²) in [4.78, 5) is 28.8. The average Bonchev–Trinajstić information content (AvgIpc) is 2.97. The maximum Gasteiger partial charge on any atom is 0.341 e. The second-order valence-corrected chi connectivity index (χ2v) is 4.83. The molecule has 1 aliphatic rings. The maximum absolute atomic E-state index is 11.8. The lowest BCUT2D eigenvalue weighted by atomic mass is 10.1. The Morgan fingerprint density at radius 2 is 2.15 bits per heavy atom. The summed E-state index contributed by atoms with van der Waals surface area (Å²) in [6.07, 6.45) is 5.54. The molecular weight excluding hydrogens is 260 g/mol. The topological polar surface area (TPSA) is 79.7 Å². The number of pyridine rings is 1. The van der Waals surface area contributed by atoms with E-state index in [-0.39, 0.29) is 12.6 Å². The fourth-order valence-corrected chi connectivity index (χ4v) is 2.63. The third-order valence-electron chi connectivity index (χ3n) is 3.54. The van der Waals surface area contributed by atoms with Crippen LogP contribution in [0, 0.1) is 0 Å². The van der Waals surface area contributed by atoms with Crippen LogP contribution in [0.4, 0.5) is 5.82 Å². The number of carbonyl (C=O) groups excluding carboxylic acids is 1. The highest BCUT2D eigenvalue weighted by atomic mass is 16.5. The van der Waals surface area contributed by atoms with Gasteiger partial charge in [-0.3, -0.25) is 4.79 Å². The molecule has 0 saturated heterocycles. The SMILES string of the molecule is COC(=O)c1cccnc1N(CC(=O)O)C1CCCC1. The molecule has 0 atom stereocenters. The number of hydrogen-bond donors (Lipinski definition) is 1. The highest BCUT2D eigenvalue weighted by Crippen LogP contribution is 2.29. The van der Waals surface area contributed by atoms with Crippen LogP contribution in [0.1, 0.15) is 36.0 Å². The van der Waals surface area contributed by atoms with Crippen molar-refractivity contribution in [3.63, 3.8) is 0 Å². The first-order valence-electron chi connectivity index (χ1n) is 6.65. The van der Waals surface area contributed by atoms with E-state index in [4.69, 9.17) is 9.84 Å². The molecule has 1 aromatic heterocycles. The Labute approximate surface area is 117 Å². The van der Waals surface area contributed by atoms with Gasteiger partial charge in [-0.1, -0.05) is 12.8 Å². The number of nitrogens with zero attached hydrogens (tertiary/aromatic N) is 2. The lowest BCUT2D eigenvalue weighted by Gasteiger charge is -2.29. The molecule has 0 amide bonds. The van der Waals surface area contributed by atoms with Gasteiger partial charge in [0, 0.05) is 12.2 Å². The Kier molecular flexibility index (Phi) is 4.55. The van der Waals surface area contributed by atoms with Crippen LogP contribution in [0.3, 0.4) is 0 Å². The second kappa shape index (κ2) is 6.36. The van der Waals surface area contributed by atoms with Crippen LogP contribution in [0.15, 0.2) is 18.3 Å². The molecular formula is C14H18N2O4. The van der Waals surface area contributed by atoms with E-state index >= 15 is 0 Å². The predicted octanol–water partition coefficient (Wildman–Crippen LogP) is 1.70. The van der Waals surface area contributed by atoms with Crippen molar-refractivity contribution in [3.05, 3.63) is 23.9 Å². The highest BCUT2D eigenvalue weighted by molar-refractivity contribution is 5.95. The van der Waals surface area contributed by atoms with Gasteiger partial charge in [0.25, 0.3) is 0 Å². The van der Waals surface area contributed by atoms with Gasteiger partial charge < -0.3 is 14.7 Å². The van der Waals surface area contributed by atoms with Crippen molar-refractivity contribution in [1.82, 2.24) is 4.98 Å². The van der Waals surface area contributed by atoms with Gasteiger partial charge in [-0.2, -0.15) is 0 Å². The summed E-state index contributed by atoms with van der Waals surface area (Å²) in [6.45, 7) is -0.161. The van der Waals surface area contributed by atoms with Gasteiger partial charge in [-0.15, -0.1) is 0 Å². The molecule has 0 aliphatic heterocycles. The molecule has 0 unspecified atom stereocenters. The van der Waals surface area contributed by atoms with E-state index in [0.717, 1.165) is 25.7 Å². The molecule has 0 spiro atoms. The monoisotopic (exact) mass is 278 g/mol. The number of methoxy groups -OCH3 is 1.